The Balaban J connectivity index is 2.08. The second-order valence-electron chi connectivity index (χ2n) is 4.71. The zero-order chi connectivity index (χ0) is 11.4. The summed E-state index contributed by atoms with van der Waals surface area (Å²) < 4.78 is 0. The van der Waals surface area contributed by atoms with Crippen molar-refractivity contribution in [2.45, 2.75) is 45.4 Å². The molecule has 0 aliphatic heterocycles. The Labute approximate surface area is 97.5 Å². The van der Waals surface area contributed by atoms with Crippen molar-refractivity contribution in [3.05, 3.63) is 23.3 Å². The Morgan fingerprint density at radius 3 is 3.12 bits per heavy atom. The Bertz CT molecular complexity index is 349. The number of fused-ring (bicyclic) bond motifs is 1. The molecule has 0 amide bonds. The van der Waals surface area contributed by atoms with Gasteiger partial charge in [-0.1, -0.05) is 13.3 Å². The maximum absolute atomic E-state index is 5.72. The summed E-state index contributed by atoms with van der Waals surface area (Å²) in [4.78, 5) is 9.11. The number of nitrogens with two attached hydrogens (primary N) is 1. The van der Waals surface area contributed by atoms with Crippen LogP contribution in [-0.4, -0.2) is 16.5 Å². The average Bonchev–Trinajstić information content (AvgIpc) is 2.35. The third-order valence-corrected chi connectivity index (χ3v) is 3.39. The van der Waals surface area contributed by atoms with Crippen molar-refractivity contribution >= 4 is 0 Å². The molecule has 0 saturated carbocycles. The SMILES string of the molecule is CCCCc1ncc2c(n1)CCC(CN)C2. The Morgan fingerprint density at radius 2 is 2.38 bits per heavy atom. The van der Waals surface area contributed by atoms with Gasteiger partial charge < -0.3 is 5.73 Å². The van der Waals surface area contributed by atoms with E-state index in [1.54, 1.807) is 0 Å². The van der Waals surface area contributed by atoms with Crippen molar-refractivity contribution in [1.82, 2.24) is 9.97 Å². The monoisotopic (exact) mass is 219 g/mol. The van der Waals surface area contributed by atoms with Crippen LogP contribution in [0.2, 0.25) is 0 Å². The van der Waals surface area contributed by atoms with Gasteiger partial charge in [-0.05, 0) is 43.7 Å². The molecule has 88 valence electrons. The summed E-state index contributed by atoms with van der Waals surface area (Å²) in [5.41, 5.74) is 8.31. The highest BCUT2D eigenvalue weighted by Gasteiger charge is 2.19. The zero-order valence-corrected chi connectivity index (χ0v) is 10.1. The summed E-state index contributed by atoms with van der Waals surface area (Å²) in [6.07, 6.45) is 8.77. The fraction of sp³-hybridized carbons (Fsp3) is 0.692. The highest BCUT2D eigenvalue weighted by atomic mass is 14.9. The molecule has 16 heavy (non-hydrogen) atoms. The van der Waals surface area contributed by atoms with Crippen LogP contribution in [-0.2, 0) is 19.3 Å². The van der Waals surface area contributed by atoms with E-state index in [4.69, 9.17) is 5.73 Å². The summed E-state index contributed by atoms with van der Waals surface area (Å²) in [6.45, 7) is 2.99. The molecule has 1 aliphatic carbocycles. The van der Waals surface area contributed by atoms with Crippen LogP contribution in [0.15, 0.2) is 6.20 Å². The van der Waals surface area contributed by atoms with E-state index in [1.165, 1.54) is 30.5 Å². The van der Waals surface area contributed by atoms with Gasteiger partial charge in [0.15, 0.2) is 0 Å². The first kappa shape index (κ1) is 11.5. The third kappa shape index (κ3) is 2.59. The van der Waals surface area contributed by atoms with Gasteiger partial charge in [-0.25, -0.2) is 9.97 Å². The lowest BCUT2D eigenvalue weighted by molar-refractivity contribution is 0.460. The molecule has 3 nitrogen and oxygen atoms in total. The average molecular weight is 219 g/mol. The van der Waals surface area contributed by atoms with Crippen molar-refractivity contribution < 1.29 is 0 Å². The fourth-order valence-electron chi connectivity index (χ4n) is 2.28. The largest absolute Gasteiger partial charge is 0.330 e. The number of nitrogens with zero attached hydrogens (tertiary/aromatic N) is 2. The molecule has 0 aromatic carbocycles. The van der Waals surface area contributed by atoms with E-state index in [2.05, 4.69) is 16.9 Å². The summed E-state index contributed by atoms with van der Waals surface area (Å²) in [5.74, 6) is 1.66. The van der Waals surface area contributed by atoms with Crippen molar-refractivity contribution in [2.24, 2.45) is 11.7 Å². The molecule has 0 radical (unpaired) electrons. The minimum atomic E-state index is 0.637. The van der Waals surface area contributed by atoms with Crippen LogP contribution in [0.1, 0.15) is 43.3 Å². The van der Waals surface area contributed by atoms with Gasteiger partial charge >= 0.3 is 0 Å². The van der Waals surface area contributed by atoms with Crippen molar-refractivity contribution in [1.29, 1.82) is 0 Å². The highest BCUT2D eigenvalue weighted by Crippen LogP contribution is 2.23. The van der Waals surface area contributed by atoms with Gasteiger partial charge in [-0.2, -0.15) is 0 Å². The van der Waals surface area contributed by atoms with Gasteiger partial charge in [0.25, 0.3) is 0 Å². The molecule has 1 aliphatic rings. The van der Waals surface area contributed by atoms with Crippen LogP contribution in [0.25, 0.3) is 0 Å². The number of hydrogen-bond acceptors (Lipinski definition) is 3. The fourth-order valence-corrected chi connectivity index (χ4v) is 2.28. The number of rotatable bonds is 4. The molecular weight excluding hydrogens is 198 g/mol. The van der Waals surface area contributed by atoms with Gasteiger partial charge in [0.05, 0.1) is 0 Å². The molecule has 2 rings (SSSR count). The Morgan fingerprint density at radius 1 is 1.50 bits per heavy atom. The molecule has 0 bridgehead atoms. The lowest BCUT2D eigenvalue weighted by Crippen LogP contribution is -2.23. The maximum atomic E-state index is 5.72. The number of unbranched alkanes of at least 4 members (excludes halogenated alkanes) is 1. The maximum Gasteiger partial charge on any atom is 0.128 e. The standard InChI is InChI=1S/C13H21N3/c1-2-3-4-13-15-9-11-7-10(8-14)5-6-12(11)16-13/h9-10H,2-8,14H2,1H3. The second kappa shape index (κ2) is 5.39. The Hall–Kier alpha value is -0.960. The van der Waals surface area contributed by atoms with Crippen LogP contribution < -0.4 is 5.73 Å². The lowest BCUT2D eigenvalue weighted by atomic mass is 9.87. The molecule has 2 N–H and O–H groups in total. The summed E-state index contributed by atoms with van der Waals surface area (Å²) in [6, 6.07) is 0. The summed E-state index contributed by atoms with van der Waals surface area (Å²) >= 11 is 0. The van der Waals surface area contributed by atoms with E-state index in [1.807, 2.05) is 6.20 Å². The predicted molar refractivity (Wildman–Crippen MR) is 65.2 cm³/mol. The van der Waals surface area contributed by atoms with Crippen LogP contribution in [0.3, 0.4) is 0 Å². The molecule has 1 aromatic rings. The van der Waals surface area contributed by atoms with Gasteiger partial charge in [-0.3, -0.25) is 0 Å². The molecule has 0 saturated heterocycles. The normalized spacial score (nSPS) is 19.5. The topological polar surface area (TPSA) is 51.8 Å². The molecular formula is C13H21N3. The highest BCUT2D eigenvalue weighted by molar-refractivity contribution is 5.21. The molecule has 3 heteroatoms. The zero-order valence-electron chi connectivity index (χ0n) is 10.1. The third-order valence-electron chi connectivity index (χ3n) is 3.39. The molecule has 1 aromatic heterocycles. The molecule has 0 spiro atoms. The van der Waals surface area contributed by atoms with Crippen molar-refractivity contribution in [2.75, 3.05) is 6.54 Å². The number of aromatic nitrogens is 2. The molecule has 1 unspecified atom stereocenters. The van der Waals surface area contributed by atoms with Gasteiger partial charge in [-0.15, -0.1) is 0 Å². The molecule has 1 heterocycles. The first-order chi connectivity index (χ1) is 7.83. The first-order valence-corrected chi connectivity index (χ1v) is 6.37. The quantitative estimate of drug-likeness (QED) is 0.841. The van der Waals surface area contributed by atoms with Crippen LogP contribution >= 0.6 is 0 Å². The van der Waals surface area contributed by atoms with Crippen molar-refractivity contribution in [3.63, 3.8) is 0 Å². The van der Waals surface area contributed by atoms with E-state index in [-0.39, 0.29) is 0 Å². The van der Waals surface area contributed by atoms with Crippen molar-refractivity contribution in [3.8, 4) is 0 Å². The lowest BCUT2D eigenvalue weighted by Gasteiger charge is -2.22. The van der Waals surface area contributed by atoms with E-state index >= 15 is 0 Å². The smallest absolute Gasteiger partial charge is 0.128 e. The van der Waals surface area contributed by atoms with Gasteiger partial charge in [0.1, 0.15) is 5.82 Å². The molecule has 1 atom stereocenters. The van der Waals surface area contributed by atoms with Crippen LogP contribution in [0.4, 0.5) is 0 Å². The predicted octanol–water partition coefficient (Wildman–Crippen LogP) is 1.88. The second-order valence-corrected chi connectivity index (χ2v) is 4.71. The Kier molecular flexibility index (Phi) is 3.88. The van der Waals surface area contributed by atoms with E-state index in [0.717, 1.165) is 31.6 Å². The van der Waals surface area contributed by atoms with Crippen LogP contribution in [0.5, 0.6) is 0 Å². The van der Waals surface area contributed by atoms with E-state index in [9.17, 15) is 0 Å². The minimum absolute atomic E-state index is 0.637. The van der Waals surface area contributed by atoms with Gasteiger partial charge in [0, 0.05) is 18.3 Å². The number of aryl methyl sites for hydroxylation is 2. The van der Waals surface area contributed by atoms with Gasteiger partial charge in [0.2, 0.25) is 0 Å². The summed E-state index contributed by atoms with van der Waals surface area (Å²) in [7, 11) is 0. The number of hydrogen-bond donors (Lipinski definition) is 1. The first-order valence-electron chi connectivity index (χ1n) is 6.37. The van der Waals surface area contributed by atoms with Crippen LogP contribution in [0, 0.1) is 5.92 Å². The van der Waals surface area contributed by atoms with E-state index < -0.39 is 0 Å². The molecule has 0 fully saturated rings. The summed E-state index contributed by atoms with van der Waals surface area (Å²) in [5, 5.41) is 0. The minimum Gasteiger partial charge on any atom is -0.330 e. The van der Waals surface area contributed by atoms with E-state index in [0.29, 0.717) is 5.92 Å².